The van der Waals surface area contributed by atoms with Crippen molar-refractivity contribution in [2.24, 2.45) is 0 Å². The lowest BCUT2D eigenvalue weighted by Crippen LogP contribution is -2.31. The predicted octanol–water partition coefficient (Wildman–Crippen LogP) is 2.40. The molecule has 0 heterocycles. The van der Waals surface area contributed by atoms with E-state index in [1.807, 2.05) is 51.0 Å². The molecule has 0 atom stereocenters. The highest BCUT2D eigenvalue weighted by atomic mass is 32.2. The number of aryl methyl sites for hydroxylation is 2. The summed E-state index contributed by atoms with van der Waals surface area (Å²) in [6.07, 6.45) is 0. The molecule has 0 aliphatic carbocycles. The van der Waals surface area contributed by atoms with E-state index in [1.165, 1.54) is 12.1 Å². The summed E-state index contributed by atoms with van der Waals surface area (Å²) in [5.74, 6) is -0.349. The van der Waals surface area contributed by atoms with Gasteiger partial charge in [0.25, 0.3) is 5.91 Å². The number of hydrogen-bond acceptors (Lipinski definition) is 4. The molecule has 0 bridgehead atoms. The van der Waals surface area contributed by atoms with Gasteiger partial charge < -0.3 is 10.2 Å². The van der Waals surface area contributed by atoms with Gasteiger partial charge in [-0.25, -0.2) is 13.1 Å². The first-order valence-electron chi connectivity index (χ1n) is 8.32. The summed E-state index contributed by atoms with van der Waals surface area (Å²) in [6, 6.07) is 11.7. The van der Waals surface area contributed by atoms with E-state index in [9.17, 15) is 13.2 Å². The van der Waals surface area contributed by atoms with Crippen molar-refractivity contribution in [3.63, 3.8) is 0 Å². The van der Waals surface area contributed by atoms with Crippen molar-refractivity contribution >= 4 is 21.6 Å². The molecule has 26 heavy (non-hydrogen) atoms. The molecule has 0 fully saturated rings. The first-order valence-corrected chi connectivity index (χ1v) is 9.80. The molecular formula is C19H25N3O3S. The molecule has 0 aromatic heterocycles. The number of nitrogens with zero attached hydrogens (tertiary/aromatic N) is 1. The van der Waals surface area contributed by atoms with Gasteiger partial charge >= 0.3 is 0 Å². The number of benzene rings is 2. The molecule has 0 radical (unpaired) electrons. The zero-order chi connectivity index (χ0) is 19.3. The van der Waals surface area contributed by atoms with Gasteiger partial charge in [-0.2, -0.15) is 0 Å². The van der Waals surface area contributed by atoms with E-state index in [-0.39, 0.29) is 10.8 Å². The minimum Gasteiger partial charge on any atom is -0.322 e. The fourth-order valence-corrected chi connectivity index (χ4v) is 3.38. The van der Waals surface area contributed by atoms with Crippen LogP contribution >= 0.6 is 0 Å². The second-order valence-corrected chi connectivity index (χ2v) is 8.25. The lowest BCUT2D eigenvalue weighted by molar-refractivity contribution is 0.102. The molecule has 2 N–H and O–H groups in total. The Morgan fingerprint density at radius 3 is 2.42 bits per heavy atom. The molecule has 0 aliphatic rings. The third kappa shape index (κ3) is 5.39. The average Bonchev–Trinajstić information content (AvgIpc) is 2.58. The van der Waals surface area contributed by atoms with E-state index < -0.39 is 10.0 Å². The van der Waals surface area contributed by atoms with Gasteiger partial charge in [-0.3, -0.25) is 4.79 Å². The monoisotopic (exact) mass is 375 g/mol. The predicted molar refractivity (Wildman–Crippen MR) is 104 cm³/mol. The number of carbonyl (C=O) groups is 1. The van der Waals surface area contributed by atoms with Crippen molar-refractivity contribution < 1.29 is 13.2 Å². The molecule has 2 aromatic rings. The molecule has 6 nitrogen and oxygen atoms in total. The molecule has 2 aromatic carbocycles. The van der Waals surface area contributed by atoms with Gasteiger partial charge in [-0.1, -0.05) is 12.1 Å². The lowest BCUT2D eigenvalue weighted by atomic mass is 10.1. The van der Waals surface area contributed by atoms with Crippen molar-refractivity contribution in [3.05, 3.63) is 59.2 Å². The van der Waals surface area contributed by atoms with Gasteiger partial charge in [0, 0.05) is 24.3 Å². The number of carbonyl (C=O) groups excluding carboxylic acids is 1. The summed E-state index contributed by atoms with van der Waals surface area (Å²) in [5.41, 5.74) is 3.18. The fraction of sp³-hybridized carbons (Fsp3) is 0.316. The molecule has 0 aliphatic heterocycles. The molecule has 0 spiro atoms. The van der Waals surface area contributed by atoms with E-state index in [1.54, 1.807) is 12.1 Å². The molecule has 2 rings (SSSR count). The van der Waals surface area contributed by atoms with E-state index in [0.29, 0.717) is 24.3 Å². The second-order valence-electron chi connectivity index (χ2n) is 6.48. The Hall–Kier alpha value is -2.22. The Balaban J connectivity index is 2.14. The Bertz CT molecular complexity index is 893. The second kappa shape index (κ2) is 8.44. The fourth-order valence-electron chi connectivity index (χ4n) is 2.31. The number of amides is 1. The van der Waals surface area contributed by atoms with Gasteiger partial charge in [0.1, 0.15) is 0 Å². The van der Waals surface area contributed by atoms with Crippen LogP contribution in [0.5, 0.6) is 0 Å². The van der Waals surface area contributed by atoms with Gasteiger partial charge in [0.05, 0.1) is 4.90 Å². The third-order valence-corrected chi connectivity index (χ3v) is 5.48. The summed E-state index contributed by atoms with van der Waals surface area (Å²) in [5, 5.41) is 2.80. The molecular weight excluding hydrogens is 350 g/mol. The summed E-state index contributed by atoms with van der Waals surface area (Å²) < 4.78 is 27.3. The standard InChI is InChI=1S/C19H25N3O3S/c1-14-8-9-17(12-15(14)2)21-19(23)16-6-5-7-18(13-16)26(24,25)20-10-11-22(3)4/h5-9,12-13,20H,10-11H2,1-4H3,(H,21,23). The summed E-state index contributed by atoms with van der Waals surface area (Å²) in [7, 11) is 0.0804. The third-order valence-electron chi connectivity index (χ3n) is 4.02. The van der Waals surface area contributed by atoms with Gasteiger partial charge in [0.2, 0.25) is 10.0 Å². The maximum Gasteiger partial charge on any atom is 0.255 e. The largest absolute Gasteiger partial charge is 0.322 e. The summed E-state index contributed by atoms with van der Waals surface area (Å²) in [4.78, 5) is 14.4. The minimum absolute atomic E-state index is 0.0731. The quantitative estimate of drug-likeness (QED) is 0.779. The van der Waals surface area contributed by atoms with Crippen LogP contribution in [0.15, 0.2) is 47.4 Å². The molecule has 0 saturated carbocycles. The van der Waals surface area contributed by atoms with Crippen LogP contribution in [0, 0.1) is 13.8 Å². The van der Waals surface area contributed by atoms with Crippen LogP contribution in [0.4, 0.5) is 5.69 Å². The van der Waals surface area contributed by atoms with E-state index >= 15 is 0 Å². The Morgan fingerprint density at radius 1 is 1.04 bits per heavy atom. The van der Waals surface area contributed by atoms with E-state index in [2.05, 4.69) is 10.0 Å². The van der Waals surface area contributed by atoms with Gasteiger partial charge in [-0.05, 0) is 69.4 Å². The van der Waals surface area contributed by atoms with Crippen LogP contribution in [-0.2, 0) is 10.0 Å². The van der Waals surface area contributed by atoms with E-state index in [4.69, 9.17) is 0 Å². The highest BCUT2D eigenvalue weighted by molar-refractivity contribution is 7.89. The highest BCUT2D eigenvalue weighted by Crippen LogP contribution is 2.17. The number of nitrogens with one attached hydrogen (secondary N) is 2. The summed E-state index contributed by atoms with van der Waals surface area (Å²) in [6.45, 7) is 4.86. The van der Waals surface area contributed by atoms with Crippen molar-refractivity contribution in [3.8, 4) is 0 Å². The minimum atomic E-state index is -3.65. The van der Waals surface area contributed by atoms with Crippen LogP contribution in [0.2, 0.25) is 0 Å². The lowest BCUT2D eigenvalue weighted by Gasteiger charge is -2.12. The normalized spacial score (nSPS) is 11.6. The smallest absolute Gasteiger partial charge is 0.255 e. The number of anilines is 1. The zero-order valence-corrected chi connectivity index (χ0v) is 16.4. The topological polar surface area (TPSA) is 78.5 Å². The molecule has 140 valence electrons. The van der Waals surface area contributed by atoms with Crippen LogP contribution in [0.25, 0.3) is 0 Å². The Kier molecular flexibility index (Phi) is 6.52. The number of likely N-dealkylation sites (N-methyl/N-ethyl adjacent to an activating group) is 1. The SMILES string of the molecule is Cc1ccc(NC(=O)c2cccc(S(=O)(=O)NCCN(C)C)c2)cc1C. The van der Waals surface area contributed by atoms with Crippen molar-refractivity contribution in [2.75, 3.05) is 32.5 Å². The van der Waals surface area contributed by atoms with Crippen molar-refractivity contribution in [1.82, 2.24) is 9.62 Å². The maximum atomic E-state index is 12.5. The molecule has 7 heteroatoms. The van der Waals surface area contributed by atoms with E-state index in [0.717, 1.165) is 11.1 Å². The highest BCUT2D eigenvalue weighted by Gasteiger charge is 2.16. The zero-order valence-electron chi connectivity index (χ0n) is 15.5. The maximum absolute atomic E-state index is 12.5. The van der Waals surface area contributed by atoms with Gasteiger partial charge in [0.15, 0.2) is 0 Å². The average molecular weight is 375 g/mol. The molecule has 1 amide bonds. The first-order chi connectivity index (χ1) is 12.2. The summed E-state index contributed by atoms with van der Waals surface area (Å²) >= 11 is 0. The first kappa shape index (κ1) is 20.1. The number of hydrogen-bond donors (Lipinski definition) is 2. The molecule has 0 saturated heterocycles. The number of rotatable bonds is 7. The van der Waals surface area contributed by atoms with Crippen LogP contribution in [0.3, 0.4) is 0 Å². The van der Waals surface area contributed by atoms with Crippen molar-refractivity contribution in [2.45, 2.75) is 18.7 Å². The number of sulfonamides is 1. The molecule has 0 unspecified atom stereocenters. The van der Waals surface area contributed by atoms with Crippen LogP contribution in [0.1, 0.15) is 21.5 Å². The van der Waals surface area contributed by atoms with Crippen LogP contribution in [-0.4, -0.2) is 46.4 Å². The van der Waals surface area contributed by atoms with Gasteiger partial charge in [-0.15, -0.1) is 0 Å². The van der Waals surface area contributed by atoms with Crippen LogP contribution < -0.4 is 10.0 Å². The Morgan fingerprint density at radius 2 is 1.77 bits per heavy atom. The Labute approximate surface area is 155 Å². The van der Waals surface area contributed by atoms with Crippen molar-refractivity contribution in [1.29, 1.82) is 0 Å².